The van der Waals surface area contributed by atoms with Gasteiger partial charge in [0.05, 0.1) is 11.4 Å². The van der Waals surface area contributed by atoms with Gasteiger partial charge in [-0.2, -0.15) is 0 Å². The largest absolute Gasteiger partial charge is 0.313 e. The molecule has 1 heterocycles. The zero-order valence-electron chi connectivity index (χ0n) is 13.3. The second kappa shape index (κ2) is 6.55. The molecule has 0 fully saturated rings. The standard InChI is InChI=1S/C19H19ClN2O/c1-3-7-16-19(23)22(2)17-11-10-14(20)12-15(17)18(21-16)13-8-5-4-6-9-13/h4-6,8-12,16H,3,7H2,1-2H3. The molecule has 3 nitrogen and oxygen atoms in total. The van der Waals surface area contributed by atoms with E-state index in [0.29, 0.717) is 5.02 Å². The maximum Gasteiger partial charge on any atom is 0.251 e. The van der Waals surface area contributed by atoms with Crippen LogP contribution in [0.2, 0.25) is 5.02 Å². The van der Waals surface area contributed by atoms with Crippen molar-refractivity contribution in [3.63, 3.8) is 0 Å². The van der Waals surface area contributed by atoms with Crippen LogP contribution in [0.1, 0.15) is 30.9 Å². The summed E-state index contributed by atoms with van der Waals surface area (Å²) in [6.07, 6.45) is 1.65. The number of halogens is 1. The van der Waals surface area contributed by atoms with Gasteiger partial charge in [0.1, 0.15) is 6.04 Å². The predicted molar refractivity (Wildman–Crippen MR) is 95.6 cm³/mol. The topological polar surface area (TPSA) is 32.7 Å². The van der Waals surface area contributed by atoms with Crippen molar-refractivity contribution in [1.29, 1.82) is 0 Å². The first-order chi connectivity index (χ1) is 11.1. The number of anilines is 1. The molecule has 2 aromatic carbocycles. The fourth-order valence-corrected chi connectivity index (χ4v) is 3.07. The number of benzene rings is 2. The van der Waals surface area contributed by atoms with Gasteiger partial charge in [-0.25, -0.2) is 0 Å². The van der Waals surface area contributed by atoms with E-state index in [9.17, 15) is 4.79 Å². The van der Waals surface area contributed by atoms with Gasteiger partial charge in [0, 0.05) is 23.2 Å². The van der Waals surface area contributed by atoms with Crippen LogP contribution in [0.15, 0.2) is 53.5 Å². The van der Waals surface area contributed by atoms with E-state index in [1.54, 1.807) is 11.9 Å². The molecule has 0 spiro atoms. The minimum absolute atomic E-state index is 0.0290. The molecular weight excluding hydrogens is 308 g/mol. The maximum absolute atomic E-state index is 12.7. The molecule has 4 heteroatoms. The molecule has 2 aromatic rings. The Morgan fingerprint density at radius 2 is 1.91 bits per heavy atom. The first-order valence-corrected chi connectivity index (χ1v) is 8.20. The smallest absolute Gasteiger partial charge is 0.251 e. The average molecular weight is 327 g/mol. The molecule has 0 saturated carbocycles. The van der Waals surface area contributed by atoms with Crippen LogP contribution in [0, 0.1) is 0 Å². The Morgan fingerprint density at radius 1 is 1.17 bits per heavy atom. The van der Waals surface area contributed by atoms with Crippen molar-refractivity contribution in [2.45, 2.75) is 25.8 Å². The van der Waals surface area contributed by atoms with Gasteiger partial charge in [-0.15, -0.1) is 0 Å². The second-order valence-electron chi connectivity index (χ2n) is 5.71. The zero-order chi connectivity index (χ0) is 16.4. The van der Waals surface area contributed by atoms with E-state index in [0.717, 1.165) is 35.4 Å². The third kappa shape index (κ3) is 3.02. The molecule has 23 heavy (non-hydrogen) atoms. The first-order valence-electron chi connectivity index (χ1n) is 7.82. The molecule has 1 aliphatic heterocycles. The van der Waals surface area contributed by atoms with Gasteiger partial charge >= 0.3 is 0 Å². The highest BCUT2D eigenvalue weighted by atomic mass is 35.5. The van der Waals surface area contributed by atoms with Crippen LogP contribution < -0.4 is 4.90 Å². The van der Waals surface area contributed by atoms with Gasteiger partial charge in [-0.1, -0.05) is 55.3 Å². The summed E-state index contributed by atoms with van der Waals surface area (Å²) in [5, 5.41) is 0.641. The Hall–Kier alpha value is -2.13. The van der Waals surface area contributed by atoms with Crippen molar-refractivity contribution in [2.24, 2.45) is 4.99 Å². The van der Waals surface area contributed by atoms with Crippen LogP contribution in [-0.2, 0) is 4.79 Å². The number of benzodiazepines with no additional fused rings is 1. The van der Waals surface area contributed by atoms with Gasteiger partial charge in [-0.3, -0.25) is 9.79 Å². The predicted octanol–water partition coefficient (Wildman–Crippen LogP) is 4.32. The van der Waals surface area contributed by atoms with E-state index >= 15 is 0 Å². The van der Waals surface area contributed by atoms with E-state index in [1.165, 1.54) is 0 Å². The number of likely N-dealkylation sites (N-methyl/N-ethyl adjacent to an activating group) is 1. The lowest BCUT2D eigenvalue weighted by Gasteiger charge is -2.20. The number of nitrogens with zero attached hydrogens (tertiary/aromatic N) is 2. The Morgan fingerprint density at radius 3 is 2.61 bits per heavy atom. The van der Waals surface area contributed by atoms with Crippen LogP contribution >= 0.6 is 11.6 Å². The number of aliphatic imine (C=N–C) groups is 1. The maximum atomic E-state index is 12.7. The summed E-state index contributed by atoms with van der Waals surface area (Å²) >= 11 is 6.21. The highest BCUT2D eigenvalue weighted by Crippen LogP contribution is 2.30. The summed E-state index contributed by atoms with van der Waals surface area (Å²) in [6, 6.07) is 15.2. The third-order valence-corrected chi connectivity index (χ3v) is 4.32. The van der Waals surface area contributed by atoms with Crippen molar-refractivity contribution in [2.75, 3.05) is 11.9 Å². The third-order valence-electron chi connectivity index (χ3n) is 4.08. The lowest BCUT2D eigenvalue weighted by Crippen LogP contribution is -2.34. The summed E-state index contributed by atoms with van der Waals surface area (Å²) < 4.78 is 0. The van der Waals surface area contributed by atoms with Crippen molar-refractivity contribution < 1.29 is 4.79 Å². The van der Waals surface area contributed by atoms with E-state index in [4.69, 9.17) is 16.6 Å². The zero-order valence-corrected chi connectivity index (χ0v) is 14.0. The Balaban J connectivity index is 2.23. The SMILES string of the molecule is CCCC1N=C(c2ccccc2)c2cc(Cl)ccc2N(C)C1=O. The van der Waals surface area contributed by atoms with Crippen LogP contribution in [0.3, 0.4) is 0 Å². The minimum Gasteiger partial charge on any atom is -0.313 e. The molecule has 1 unspecified atom stereocenters. The molecule has 0 bridgehead atoms. The van der Waals surface area contributed by atoms with Gasteiger partial charge in [0.15, 0.2) is 0 Å². The Bertz CT molecular complexity index is 755. The second-order valence-corrected chi connectivity index (χ2v) is 6.14. The summed E-state index contributed by atoms with van der Waals surface area (Å²) in [5.74, 6) is 0.0290. The summed E-state index contributed by atoms with van der Waals surface area (Å²) in [6.45, 7) is 2.07. The summed E-state index contributed by atoms with van der Waals surface area (Å²) in [7, 11) is 1.81. The first kappa shape index (κ1) is 15.8. The summed E-state index contributed by atoms with van der Waals surface area (Å²) in [5.41, 5.74) is 3.58. The number of hydrogen-bond donors (Lipinski definition) is 0. The van der Waals surface area contributed by atoms with Crippen molar-refractivity contribution in [1.82, 2.24) is 0 Å². The van der Waals surface area contributed by atoms with E-state index in [-0.39, 0.29) is 11.9 Å². The Labute approximate surface area is 141 Å². The number of amides is 1. The van der Waals surface area contributed by atoms with Crippen LogP contribution in [-0.4, -0.2) is 24.7 Å². The van der Waals surface area contributed by atoms with E-state index in [2.05, 4.69) is 6.92 Å². The van der Waals surface area contributed by atoms with Gasteiger partial charge < -0.3 is 4.90 Å². The van der Waals surface area contributed by atoms with Gasteiger partial charge in [0.2, 0.25) is 0 Å². The fourth-order valence-electron chi connectivity index (χ4n) is 2.90. The van der Waals surface area contributed by atoms with Crippen molar-refractivity contribution in [3.8, 4) is 0 Å². The number of carbonyl (C=O) groups is 1. The molecule has 0 aliphatic carbocycles. The van der Waals surface area contributed by atoms with Crippen molar-refractivity contribution in [3.05, 3.63) is 64.7 Å². The van der Waals surface area contributed by atoms with Gasteiger partial charge in [-0.05, 0) is 24.6 Å². The minimum atomic E-state index is -0.355. The highest BCUT2D eigenvalue weighted by molar-refractivity contribution is 6.32. The quantitative estimate of drug-likeness (QED) is 0.826. The molecule has 0 saturated heterocycles. The molecule has 118 valence electrons. The molecule has 0 aromatic heterocycles. The monoisotopic (exact) mass is 326 g/mol. The van der Waals surface area contributed by atoms with Crippen LogP contribution in [0.4, 0.5) is 5.69 Å². The molecule has 3 rings (SSSR count). The highest BCUT2D eigenvalue weighted by Gasteiger charge is 2.29. The normalized spacial score (nSPS) is 17.5. The molecule has 1 amide bonds. The van der Waals surface area contributed by atoms with E-state index < -0.39 is 0 Å². The van der Waals surface area contributed by atoms with Crippen molar-refractivity contribution >= 4 is 28.9 Å². The molecule has 1 atom stereocenters. The van der Waals surface area contributed by atoms with Gasteiger partial charge in [0.25, 0.3) is 5.91 Å². The van der Waals surface area contributed by atoms with Crippen LogP contribution in [0.5, 0.6) is 0 Å². The lowest BCUT2D eigenvalue weighted by molar-refractivity contribution is -0.119. The lowest BCUT2D eigenvalue weighted by atomic mass is 10.0. The fraction of sp³-hybridized carbons (Fsp3) is 0.263. The Kier molecular flexibility index (Phi) is 4.49. The number of hydrogen-bond acceptors (Lipinski definition) is 2. The average Bonchev–Trinajstić information content (AvgIpc) is 2.66. The number of rotatable bonds is 3. The number of carbonyl (C=O) groups excluding carboxylic acids is 1. The molecule has 1 aliphatic rings. The number of fused-ring (bicyclic) bond motifs is 1. The molecule has 0 radical (unpaired) electrons. The molecular formula is C19H19ClN2O. The van der Waals surface area contributed by atoms with Crippen LogP contribution in [0.25, 0.3) is 0 Å². The molecule has 0 N–H and O–H groups in total. The summed E-state index contributed by atoms with van der Waals surface area (Å²) in [4.78, 5) is 19.3. The van der Waals surface area contributed by atoms with E-state index in [1.807, 2.05) is 48.5 Å².